The lowest BCUT2D eigenvalue weighted by Gasteiger charge is -2.08. The molecule has 0 saturated carbocycles. The molecule has 0 spiro atoms. The van der Waals surface area contributed by atoms with Crippen molar-refractivity contribution in [3.8, 4) is 22.1 Å². The van der Waals surface area contributed by atoms with Crippen LogP contribution in [0.5, 0.6) is 11.5 Å². The van der Waals surface area contributed by atoms with Crippen LogP contribution in [0.2, 0.25) is 5.02 Å². The first kappa shape index (κ1) is 24.0. The molecule has 1 heterocycles. The number of ketones is 1. The molecule has 0 saturated heterocycles. The molecule has 0 aliphatic heterocycles. The van der Waals surface area contributed by atoms with E-state index >= 15 is 0 Å². The van der Waals surface area contributed by atoms with Gasteiger partial charge in [0.15, 0.2) is 17.3 Å². The van der Waals surface area contributed by atoms with Crippen LogP contribution in [-0.4, -0.2) is 35.2 Å². The highest BCUT2D eigenvalue weighted by Crippen LogP contribution is 2.29. The van der Waals surface area contributed by atoms with Crippen LogP contribution >= 0.6 is 22.9 Å². The highest BCUT2D eigenvalue weighted by molar-refractivity contribution is 7.17. The van der Waals surface area contributed by atoms with E-state index in [1.807, 2.05) is 25.1 Å². The Labute approximate surface area is 197 Å². The SMILES string of the molecule is CCCCCCOc1ccc(C=NCC(=O)c2sc(-c3ccc(Cl)cc3)nc2C)cc1O. The molecule has 7 heteroatoms. The number of halogens is 1. The van der Waals surface area contributed by atoms with E-state index in [1.54, 1.807) is 30.5 Å². The summed E-state index contributed by atoms with van der Waals surface area (Å²) in [6.45, 7) is 4.59. The van der Waals surface area contributed by atoms with Gasteiger partial charge in [-0.2, -0.15) is 0 Å². The summed E-state index contributed by atoms with van der Waals surface area (Å²) in [5.41, 5.74) is 2.32. The number of carbonyl (C=O) groups excluding carboxylic acids is 1. The van der Waals surface area contributed by atoms with Gasteiger partial charge in [-0.15, -0.1) is 11.3 Å². The minimum Gasteiger partial charge on any atom is -0.504 e. The number of aliphatic imine (C=N–C) groups is 1. The van der Waals surface area contributed by atoms with Crippen molar-refractivity contribution in [2.45, 2.75) is 39.5 Å². The number of ether oxygens (including phenoxy) is 1. The van der Waals surface area contributed by atoms with Crippen LogP contribution in [0.25, 0.3) is 10.6 Å². The number of phenols is 1. The molecule has 0 bridgehead atoms. The standard InChI is InChI=1S/C25H27ClN2O3S/c1-3-4-5-6-13-31-23-12-7-18(14-21(23)29)15-27-16-22(30)24-17(2)28-25(32-24)19-8-10-20(26)11-9-19/h7-12,14-15,29H,3-6,13,16H2,1-2H3. The summed E-state index contributed by atoms with van der Waals surface area (Å²) in [5, 5.41) is 11.6. The molecule has 0 aliphatic rings. The predicted octanol–water partition coefficient (Wildman–Crippen LogP) is 6.74. The van der Waals surface area contributed by atoms with Gasteiger partial charge in [-0.1, -0.05) is 49.9 Å². The lowest BCUT2D eigenvalue weighted by molar-refractivity contribution is 0.100. The molecule has 0 atom stereocenters. The Kier molecular flexibility index (Phi) is 8.82. The van der Waals surface area contributed by atoms with Gasteiger partial charge in [-0.05, 0) is 49.2 Å². The van der Waals surface area contributed by atoms with Gasteiger partial charge in [0.1, 0.15) is 11.6 Å². The first-order chi connectivity index (χ1) is 15.5. The van der Waals surface area contributed by atoms with E-state index in [0.717, 1.165) is 23.4 Å². The molecule has 2 aromatic carbocycles. The van der Waals surface area contributed by atoms with Crippen LogP contribution in [0.3, 0.4) is 0 Å². The van der Waals surface area contributed by atoms with Gasteiger partial charge in [-0.3, -0.25) is 9.79 Å². The molecule has 1 aromatic heterocycles. The number of carbonyl (C=O) groups is 1. The number of aromatic hydroxyl groups is 1. The van der Waals surface area contributed by atoms with Gasteiger partial charge in [0, 0.05) is 16.8 Å². The van der Waals surface area contributed by atoms with E-state index in [0.29, 0.717) is 33.5 Å². The molecule has 168 valence electrons. The molecule has 1 N–H and O–H groups in total. The zero-order chi connectivity index (χ0) is 22.9. The maximum Gasteiger partial charge on any atom is 0.196 e. The monoisotopic (exact) mass is 470 g/mol. The number of hydrogen-bond donors (Lipinski definition) is 1. The van der Waals surface area contributed by atoms with Crippen molar-refractivity contribution in [1.29, 1.82) is 0 Å². The maximum absolute atomic E-state index is 12.6. The summed E-state index contributed by atoms with van der Waals surface area (Å²) >= 11 is 7.30. The summed E-state index contributed by atoms with van der Waals surface area (Å²) in [5.74, 6) is 0.444. The summed E-state index contributed by atoms with van der Waals surface area (Å²) in [4.78, 5) is 22.0. The fraction of sp³-hybridized carbons (Fsp3) is 0.320. The summed E-state index contributed by atoms with van der Waals surface area (Å²) in [7, 11) is 0. The van der Waals surface area contributed by atoms with E-state index in [-0.39, 0.29) is 18.1 Å². The quantitative estimate of drug-likeness (QED) is 0.191. The molecule has 0 aliphatic carbocycles. The third-order valence-electron chi connectivity index (χ3n) is 4.85. The number of benzene rings is 2. The Balaban J connectivity index is 1.57. The highest BCUT2D eigenvalue weighted by atomic mass is 35.5. The number of hydrogen-bond acceptors (Lipinski definition) is 6. The molecule has 3 aromatic rings. The van der Waals surface area contributed by atoms with Crippen molar-refractivity contribution < 1.29 is 14.6 Å². The number of aromatic nitrogens is 1. The molecule has 0 amide bonds. The van der Waals surface area contributed by atoms with Gasteiger partial charge in [-0.25, -0.2) is 4.98 Å². The van der Waals surface area contributed by atoms with E-state index in [1.165, 1.54) is 24.2 Å². The Morgan fingerprint density at radius 3 is 2.69 bits per heavy atom. The van der Waals surface area contributed by atoms with Crippen molar-refractivity contribution in [1.82, 2.24) is 4.98 Å². The first-order valence-corrected chi connectivity index (χ1v) is 11.9. The number of aryl methyl sites for hydroxylation is 1. The van der Waals surface area contributed by atoms with Crippen LogP contribution in [-0.2, 0) is 0 Å². The number of unbranched alkanes of at least 4 members (excludes halogenated alkanes) is 3. The molecule has 3 rings (SSSR count). The van der Waals surface area contributed by atoms with E-state index in [2.05, 4.69) is 16.9 Å². The Morgan fingerprint density at radius 1 is 1.19 bits per heavy atom. The third-order valence-corrected chi connectivity index (χ3v) is 6.35. The molecular weight excluding hydrogens is 444 g/mol. The molecule has 0 radical (unpaired) electrons. The summed E-state index contributed by atoms with van der Waals surface area (Å²) in [6.07, 6.45) is 6.03. The average Bonchev–Trinajstić information content (AvgIpc) is 3.17. The van der Waals surface area contributed by atoms with Crippen molar-refractivity contribution >= 4 is 34.9 Å². The van der Waals surface area contributed by atoms with Crippen LogP contribution in [0, 0.1) is 6.92 Å². The minimum absolute atomic E-state index is 0.0134. The van der Waals surface area contributed by atoms with Crippen molar-refractivity contribution in [3.05, 3.63) is 63.6 Å². The van der Waals surface area contributed by atoms with Crippen LogP contribution in [0.15, 0.2) is 47.5 Å². The van der Waals surface area contributed by atoms with Gasteiger partial charge in [0.05, 0.1) is 17.2 Å². The van der Waals surface area contributed by atoms with E-state index in [4.69, 9.17) is 16.3 Å². The molecular formula is C25H27ClN2O3S. The number of phenolic OH excluding ortho intramolecular Hbond substituents is 1. The second kappa shape index (κ2) is 11.8. The lowest BCUT2D eigenvalue weighted by atomic mass is 10.2. The van der Waals surface area contributed by atoms with E-state index < -0.39 is 0 Å². The Morgan fingerprint density at radius 2 is 1.97 bits per heavy atom. The minimum atomic E-state index is -0.0901. The Bertz CT molecular complexity index is 1080. The van der Waals surface area contributed by atoms with Crippen LogP contribution in [0.1, 0.15) is 53.5 Å². The molecule has 0 unspecified atom stereocenters. The predicted molar refractivity (Wildman–Crippen MR) is 132 cm³/mol. The first-order valence-electron chi connectivity index (χ1n) is 10.7. The van der Waals surface area contributed by atoms with Gasteiger partial charge >= 0.3 is 0 Å². The highest BCUT2D eigenvalue weighted by Gasteiger charge is 2.15. The van der Waals surface area contributed by atoms with E-state index in [9.17, 15) is 9.90 Å². The third kappa shape index (κ3) is 6.65. The fourth-order valence-electron chi connectivity index (χ4n) is 3.12. The van der Waals surface area contributed by atoms with Crippen LogP contribution < -0.4 is 4.74 Å². The summed E-state index contributed by atoms with van der Waals surface area (Å²) < 4.78 is 5.64. The number of thiazole rings is 1. The van der Waals surface area contributed by atoms with Crippen molar-refractivity contribution in [2.24, 2.45) is 4.99 Å². The van der Waals surface area contributed by atoms with Gasteiger partial charge in [0.2, 0.25) is 0 Å². The molecule has 32 heavy (non-hydrogen) atoms. The average molecular weight is 471 g/mol. The Hall–Kier alpha value is -2.70. The smallest absolute Gasteiger partial charge is 0.196 e. The maximum atomic E-state index is 12.6. The zero-order valence-corrected chi connectivity index (χ0v) is 19.9. The number of rotatable bonds is 11. The summed E-state index contributed by atoms with van der Waals surface area (Å²) in [6, 6.07) is 12.5. The number of nitrogens with zero attached hydrogens (tertiary/aromatic N) is 2. The lowest BCUT2D eigenvalue weighted by Crippen LogP contribution is -2.03. The van der Waals surface area contributed by atoms with Crippen LogP contribution in [0.4, 0.5) is 0 Å². The fourth-order valence-corrected chi connectivity index (χ4v) is 4.25. The number of Topliss-reactive ketones (excluding diaryl/α,β-unsaturated/α-hetero) is 1. The normalized spacial score (nSPS) is 11.2. The molecule has 0 fully saturated rings. The molecule has 5 nitrogen and oxygen atoms in total. The van der Waals surface area contributed by atoms with Gasteiger partial charge in [0.25, 0.3) is 0 Å². The largest absolute Gasteiger partial charge is 0.504 e. The topological polar surface area (TPSA) is 71.8 Å². The van der Waals surface area contributed by atoms with Crippen molar-refractivity contribution in [3.63, 3.8) is 0 Å². The zero-order valence-electron chi connectivity index (χ0n) is 18.3. The second-order valence-corrected chi connectivity index (χ2v) is 8.91. The van der Waals surface area contributed by atoms with Crippen molar-refractivity contribution in [2.75, 3.05) is 13.2 Å². The van der Waals surface area contributed by atoms with Gasteiger partial charge < -0.3 is 9.84 Å². The second-order valence-electron chi connectivity index (χ2n) is 7.47.